The number of benzene rings is 3. The molecule has 3 aromatic carbocycles. The molecule has 0 saturated heterocycles. The van der Waals surface area contributed by atoms with Crippen molar-refractivity contribution < 1.29 is 0 Å². The molecule has 0 radical (unpaired) electrons. The fourth-order valence-corrected chi connectivity index (χ4v) is 5.93. The highest BCUT2D eigenvalue weighted by atomic mass is 14.8. The highest BCUT2D eigenvalue weighted by Gasteiger charge is 2.11. The Kier molecular flexibility index (Phi) is 14.8. The second kappa shape index (κ2) is 18.5. The van der Waals surface area contributed by atoms with Gasteiger partial charge in [0.25, 0.3) is 0 Å². The Morgan fingerprint density at radius 1 is 0.595 bits per heavy atom. The van der Waals surface area contributed by atoms with Gasteiger partial charge in [-0.05, 0) is 110 Å². The first-order valence-corrected chi connectivity index (χ1v) is 16.9. The quantitative estimate of drug-likeness (QED) is 0.108. The first-order valence-electron chi connectivity index (χ1n) is 16.9. The van der Waals surface area contributed by atoms with Crippen molar-refractivity contribution in [3.05, 3.63) is 82.9 Å². The zero-order chi connectivity index (χ0) is 30.2. The number of hydrogen-bond acceptors (Lipinski definition) is 2. The van der Waals surface area contributed by atoms with Crippen LogP contribution >= 0.6 is 0 Å². The normalized spacial score (nSPS) is 12.2. The van der Waals surface area contributed by atoms with Crippen LogP contribution in [0, 0.1) is 6.92 Å². The third-order valence-electron chi connectivity index (χ3n) is 8.57. The van der Waals surface area contributed by atoms with Gasteiger partial charge in [0, 0.05) is 0 Å². The summed E-state index contributed by atoms with van der Waals surface area (Å²) >= 11 is 0. The van der Waals surface area contributed by atoms with E-state index in [1.54, 1.807) is 0 Å². The summed E-state index contributed by atoms with van der Waals surface area (Å²) < 4.78 is 0. The highest BCUT2D eigenvalue weighted by Crippen LogP contribution is 2.32. The second-order valence-corrected chi connectivity index (χ2v) is 11.9. The zero-order valence-corrected chi connectivity index (χ0v) is 27.6. The van der Waals surface area contributed by atoms with Crippen molar-refractivity contribution in [3.63, 3.8) is 0 Å². The maximum Gasteiger partial charge on any atom is 0.0642 e. The zero-order valence-electron chi connectivity index (χ0n) is 27.6. The molecule has 0 aliphatic carbocycles. The van der Waals surface area contributed by atoms with Gasteiger partial charge in [-0.15, -0.1) is 0 Å². The molecule has 0 saturated carbocycles. The van der Waals surface area contributed by atoms with Crippen LogP contribution in [-0.4, -0.2) is 11.4 Å². The smallest absolute Gasteiger partial charge is 0.0642 e. The van der Waals surface area contributed by atoms with Crippen molar-refractivity contribution in [2.24, 2.45) is 9.98 Å². The maximum atomic E-state index is 5.23. The number of hydrogen-bond donors (Lipinski definition) is 0. The monoisotopic (exact) mass is 564 g/mol. The van der Waals surface area contributed by atoms with Gasteiger partial charge in [-0.25, -0.2) is 0 Å². The predicted octanol–water partition coefficient (Wildman–Crippen LogP) is 12.5. The van der Waals surface area contributed by atoms with Crippen LogP contribution in [0.5, 0.6) is 0 Å². The second-order valence-electron chi connectivity index (χ2n) is 11.9. The van der Waals surface area contributed by atoms with Gasteiger partial charge in [0.2, 0.25) is 0 Å². The molecule has 3 rings (SSSR count). The summed E-state index contributed by atoms with van der Waals surface area (Å²) in [4.78, 5) is 10.3. The first-order chi connectivity index (χ1) is 20.5. The van der Waals surface area contributed by atoms with Crippen LogP contribution in [0.15, 0.2) is 70.6 Å². The molecule has 0 bridgehead atoms. The Balaban J connectivity index is 1.88. The number of nitrogens with zero attached hydrogens (tertiary/aromatic N) is 2. The van der Waals surface area contributed by atoms with Gasteiger partial charge in [-0.1, -0.05) is 115 Å². The molecule has 0 heterocycles. The van der Waals surface area contributed by atoms with E-state index in [1.165, 1.54) is 97.6 Å². The number of aliphatic imine (C=N–C) groups is 2. The van der Waals surface area contributed by atoms with E-state index in [2.05, 4.69) is 102 Å². The molecule has 2 heteroatoms. The SMILES string of the molecule is CCCCCCCCc1cc(N=C(C)C(CC)=Nc2cc(CCCCCC)c(C)c(-c3ccccc3)c2)ccc1CC. The van der Waals surface area contributed by atoms with E-state index in [1.807, 2.05) is 0 Å². The average molecular weight is 565 g/mol. The van der Waals surface area contributed by atoms with Gasteiger partial charge < -0.3 is 0 Å². The third-order valence-corrected chi connectivity index (χ3v) is 8.57. The van der Waals surface area contributed by atoms with Gasteiger partial charge in [0.05, 0.1) is 22.8 Å². The molecule has 0 N–H and O–H groups in total. The molecule has 3 aromatic rings. The van der Waals surface area contributed by atoms with Crippen molar-refractivity contribution in [3.8, 4) is 11.1 Å². The van der Waals surface area contributed by atoms with Gasteiger partial charge in [0.15, 0.2) is 0 Å². The van der Waals surface area contributed by atoms with Crippen LogP contribution in [0.25, 0.3) is 11.1 Å². The van der Waals surface area contributed by atoms with E-state index >= 15 is 0 Å². The minimum atomic E-state index is 0.855. The van der Waals surface area contributed by atoms with Crippen molar-refractivity contribution in [2.75, 3.05) is 0 Å². The third kappa shape index (κ3) is 10.4. The number of unbranched alkanes of at least 4 members (excludes halogenated alkanes) is 8. The van der Waals surface area contributed by atoms with E-state index in [0.29, 0.717) is 0 Å². The van der Waals surface area contributed by atoms with Crippen LogP contribution in [0.3, 0.4) is 0 Å². The minimum Gasteiger partial charge on any atom is -0.252 e. The lowest BCUT2D eigenvalue weighted by atomic mass is 9.93. The summed E-state index contributed by atoms with van der Waals surface area (Å²) in [7, 11) is 0. The van der Waals surface area contributed by atoms with E-state index in [4.69, 9.17) is 9.98 Å². The van der Waals surface area contributed by atoms with Crippen LogP contribution in [0.4, 0.5) is 11.4 Å². The molecule has 0 unspecified atom stereocenters. The Hall–Kier alpha value is -3.00. The molecular weight excluding hydrogens is 508 g/mol. The Morgan fingerprint density at radius 3 is 1.88 bits per heavy atom. The predicted molar refractivity (Wildman–Crippen MR) is 188 cm³/mol. The molecule has 2 nitrogen and oxygen atoms in total. The number of aryl methyl sites for hydroxylation is 3. The lowest BCUT2D eigenvalue weighted by Crippen LogP contribution is -2.08. The van der Waals surface area contributed by atoms with Gasteiger partial charge in [0.1, 0.15) is 0 Å². The molecular formula is C40H56N2. The summed E-state index contributed by atoms with van der Waals surface area (Å²) in [6.07, 6.45) is 17.3. The Bertz CT molecular complexity index is 1280. The van der Waals surface area contributed by atoms with Crippen molar-refractivity contribution in [1.29, 1.82) is 0 Å². The van der Waals surface area contributed by atoms with Crippen LogP contribution in [0.1, 0.15) is 128 Å². The summed E-state index contributed by atoms with van der Waals surface area (Å²) in [6.45, 7) is 13.4. The van der Waals surface area contributed by atoms with E-state index in [-0.39, 0.29) is 0 Å². The Labute approximate surface area is 257 Å². The minimum absolute atomic E-state index is 0.855. The summed E-state index contributed by atoms with van der Waals surface area (Å²) in [6, 6.07) is 22.2. The van der Waals surface area contributed by atoms with Gasteiger partial charge >= 0.3 is 0 Å². The Morgan fingerprint density at radius 2 is 1.21 bits per heavy atom. The largest absolute Gasteiger partial charge is 0.252 e. The summed E-state index contributed by atoms with van der Waals surface area (Å²) in [5.41, 5.74) is 12.5. The van der Waals surface area contributed by atoms with Crippen LogP contribution in [0.2, 0.25) is 0 Å². The van der Waals surface area contributed by atoms with Crippen molar-refractivity contribution in [1.82, 2.24) is 0 Å². The maximum absolute atomic E-state index is 5.23. The fourth-order valence-electron chi connectivity index (χ4n) is 5.93. The lowest BCUT2D eigenvalue weighted by Gasteiger charge is -2.15. The van der Waals surface area contributed by atoms with Crippen LogP contribution < -0.4 is 0 Å². The van der Waals surface area contributed by atoms with Gasteiger partial charge in [-0.2, -0.15) is 0 Å². The molecule has 0 atom stereocenters. The molecule has 226 valence electrons. The number of rotatable bonds is 18. The summed E-state index contributed by atoms with van der Waals surface area (Å²) in [5.74, 6) is 0. The first kappa shape index (κ1) is 33.5. The molecule has 0 aliphatic rings. The molecule has 0 fully saturated rings. The average Bonchev–Trinajstić information content (AvgIpc) is 3.01. The summed E-state index contributed by atoms with van der Waals surface area (Å²) in [5, 5.41) is 0. The standard InChI is InChI=1S/C40H56N2/c1-7-11-13-15-16-19-25-36-29-37(27-26-33(36)9-3)41-32(6)40(10-4)42-38-28-35(24-18-14-12-8-2)31(5)39(30-38)34-22-20-17-21-23-34/h17,20-23,26-30H,7-16,18-19,24-25H2,1-6H3. The molecule has 42 heavy (non-hydrogen) atoms. The molecule has 0 amide bonds. The lowest BCUT2D eigenvalue weighted by molar-refractivity contribution is 0.606. The van der Waals surface area contributed by atoms with E-state index in [9.17, 15) is 0 Å². The molecule has 0 spiro atoms. The van der Waals surface area contributed by atoms with Crippen LogP contribution in [-0.2, 0) is 19.3 Å². The fraction of sp³-hybridized carbons (Fsp3) is 0.500. The van der Waals surface area contributed by atoms with Crippen molar-refractivity contribution >= 4 is 22.8 Å². The topological polar surface area (TPSA) is 24.7 Å². The van der Waals surface area contributed by atoms with Gasteiger partial charge in [-0.3, -0.25) is 9.98 Å². The molecule has 0 aromatic heterocycles. The van der Waals surface area contributed by atoms with E-state index in [0.717, 1.165) is 48.5 Å². The highest BCUT2D eigenvalue weighted by molar-refractivity contribution is 6.42. The van der Waals surface area contributed by atoms with Crippen molar-refractivity contribution in [2.45, 2.75) is 131 Å². The molecule has 0 aliphatic heterocycles. The van der Waals surface area contributed by atoms with E-state index < -0.39 is 0 Å².